The Kier molecular flexibility index (Phi) is 4.53. The first kappa shape index (κ1) is 18.7. The van der Waals surface area contributed by atoms with E-state index in [2.05, 4.69) is 15.4 Å². The minimum atomic E-state index is -4.56. The van der Waals surface area contributed by atoms with Gasteiger partial charge in [0.2, 0.25) is 0 Å². The number of nitrogens with zero attached hydrogens (tertiary/aromatic N) is 3. The van der Waals surface area contributed by atoms with E-state index in [1.54, 1.807) is 36.4 Å². The number of fused-ring (bicyclic) bond motifs is 2. The Hall–Kier alpha value is -3.69. The van der Waals surface area contributed by atoms with Crippen molar-refractivity contribution in [3.63, 3.8) is 0 Å². The van der Waals surface area contributed by atoms with E-state index in [9.17, 15) is 23.0 Å². The molecule has 0 saturated heterocycles. The van der Waals surface area contributed by atoms with E-state index < -0.39 is 20.8 Å². The zero-order valence-corrected chi connectivity index (χ0v) is 15.5. The van der Waals surface area contributed by atoms with Gasteiger partial charge in [-0.1, -0.05) is 54.6 Å². The Bertz CT molecular complexity index is 1410. The molecule has 0 bridgehead atoms. The Morgan fingerprint density at radius 2 is 1.41 bits per heavy atom. The summed E-state index contributed by atoms with van der Waals surface area (Å²) in [7, 11) is -4.56. The molecule has 0 aliphatic heterocycles. The predicted octanol–water partition coefficient (Wildman–Crippen LogP) is 5.76. The average molecular weight is 407 g/mol. The SMILES string of the molecule is O=Nc1c(/N=N/c2c(O)cc(S(=O)(=O)O)c3ccccc23)ccc2ccccc12. The normalized spacial score (nSPS) is 12.0. The lowest BCUT2D eigenvalue weighted by Gasteiger charge is -2.08. The van der Waals surface area contributed by atoms with Gasteiger partial charge < -0.3 is 5.11 Å². The molecule has 0 aliphatic rings. The third-order valence-corrected chi connectivity index (χ3v) is 5.36. The zero-order chi connectivity index (χ0) is 20.6. The summed E-state index contributed by atoms with van der Waals surface area (Å²) in [6.07, 6.45) is 0. The molecular formula is C20H13N3O5S. The fourth-order valence-corrected chi connectivity index (χ4v) is 3.87. The van der Waals surface area contributed by atoms with Crippen LogP contribution in [0.15, 0.2) is 87.0 Å². The number of rotatable bonds is 4. The average Bonchev–Trinajstić information content (AvgIpc) is 2.71. The maximum Gasteiger partial charge on any atom is 0.295 e. The van der Waals surface area contributed by atoms with Gasteiger partial charge in [-0.15, -0.1) is 15.1 Å². The summed E-state index contributed by atoms with van der Waals surface area (Å²) in [5, 5.41) is 23.3. The van der Waals surface area contributed by atoms with Crippen LogP contribution in [0.3, 0.4) is 0 Å². The highest BCUT2D eigenvalue weighted by Gasteiger charge is 2.19. The van der Waals surface area contributed by atoms with Crippen LogP contribution in [-0.4, -0.2) is 18.1 Å². The lowest BCUT2D eigenvalue weighted by Crippen LogP contribution is -1.99. The Morgan fingerprint density at radius 1 is 0.759 bits per heavy atom. The van der Waals surface area contributed by atoms with Gasteiger partial charge in [-0.3, -0.25) is 4.55 Å². The molecule has 0 fully saturated rings. The molecule has 0 amide bonds. The summed E-state index contributed by atoms with van der Waals surface area (Å²) >= 11 is 0. The van der Waals surface area contributed by atoms with Crippen LogP contribution in [0.5, 0.6) is 5.75 Å². The number of nitroso groups, excluding NO2 is 1. The van der Waals surface area contributed by atoms with Crippen LogP contribution < -0.4 is 0 Å². The van der Waals surface area contributed by atoms with Crippen molar-refractivity contribution in [3.05, 3.63) is 71.6 Å². The first-order valence-electron chi connectivity index (χ1n) is 8.39. The van der Waals surface area contributed by atoms with Gasteiger partial charge >= 0.3 is 0 Å². The lowest BCUT2D eigenvalue weighted by molar-refractivity contribution is 0.468. The molecule has 4 aromatic carbocycles. The van der Waals surface area contributed by atoms with Gasteiger partial charge in [0, 0.05) is 22.2 Å². The summed E-state index contributed by atoms with van der Waals surface area (Å²) < 4.78 is 32.7. The fraction of sp³-hybridized carbons (Fsp3) is 0. The first-order valence-corrected chi connectivity index (χ1v) is 9.83. The number of hydrogen-bond donors (Lipinski definition) is 2. The molecule has 0 unspecified atom stereocenters. The summed E-state index contributed by atoms with van der Waals surface area (Å²) in [5.74, 6) is -0.485. The van der Waals surface area contributed by atoms with E-state index in [0.29, 0.717) is 5.39 Å². The van der Waals surface area contributed by atoms with Crippen LogP contribution in [0.1, 0.15) is 0 Å². The lowest BCUT2D eigenvalue weighted by atomic mass is 10.1. The summed E-state index contributed by atoms with van der Waals surface area (Å²) in [6, 6.07) is 17.7. The van der Waals surface area contributed by atoms with Crippen molar-refractivity contribution >= 4 is 48.7 Å². The second-order valence-electron chi connectivity index (χ2n) is 6.21. The quantitative estimate of drug-likeness (QED) is 0.252. The fourth-order valence-electron chi connectivity index (χ4n) is 3.16. The number of hydrogen-bond acceptors (Lipinski definition) is 7. The van der Waals surface area contributed by atoms with Crippen LogP contribution in [-0.2, 0) is 10.1 Å². The highest BCUT2D eigenvalue weighted by atomic mass is 32.2. The first-order chi connectivity index (χ1) is 13.9. The highest BCUT2D eigenvalue weighted by Crippen LogP contribution is 2.41. The van der Waals surface area contributed by atoms with Gasteiger partial charge in [-0.05, 0) is 16.6 Å². The van der Waals surface area contributed by atoms with Crippen molar-refractivity contribution in [3.8, 4) is 5.75 Å². The Balaban J connectivity index is 1.92. The maximum atomic E-state index is 11.6. The van der Waals surface area contributed by atoms with Gasteiger partial charge in [0.15, 0.2) is 0 Å². The number of phenols is 1. The van der Waals surface area contributed by atoms with E-state index in [1.165, 1.54) is 12.1 Å². The van der Waals surface area contributed by atoms with E-state index >= 15 is 0 Å². The molecule has 0 spiro atoms. The van der Waals surface area contributed by atoms with Crippen molar-refractivity contribution in [2.45, 2.75) is 4.90 Å². The predicted molar refractivity (Wildman–Crippen MR) is 109 cm³/mol. The molecule has 144 valence electrons. The van der Waals surface area contributed by atoms with Crippen LogP contribution in [0.4, 0.5) is 17.1 Å². The van der Waals surface area contributed by atoms with Crippen LogP contribution in [0, 0.1) is 4.91 Å². The molecule has 2 N–H and O–H groups in total. The van der Waals surface area contributed by atoms with E-state index in [4.69, 9.17) is 0 Å². The number of phenolic OH excluding ortho intramolecular Hbond substituents is 1. The van der Waals surface area contributed by atoms with Crippen molar-refractivity contribution < 1.29 is 18.1 Å². The molecule has 0 saturated carbocycles. The third kappa shape index (κ3) is 3.33. The van der Waals surface area contributed by atoms with Crippen molar-refractivity contribution in [1.82, 2.24) is 0 Å². The second-order valence-corrected chi connectivity index (χ2v) is 7.60. The molecule has 29 heavy (non-hydrogen) atoms. The molecule has 0 atom stereocenters. The monoisotopic (exact) mass is 407 g/mol. The zero-order valence-electron chi connectivity index (χ0n) is 14.7. The molecular weight excluding hydrogens is 394 g/mol. The van der Waals surface area contributed by atoms with Gasteiger partial charge in [0.05, 0.1) is 0 Å². The third-order valence-electron chi connectivity index (χ3n) is 4.46. The van der Waals surface area contributed by atoms with Gasteiger partial charge in [0.25, 0.3) is 10.1 Å². The molecule has 9 heteroatoms. The van der Waals surface area contributed by atoms with Crippen LogP contribution in [0.25, 0.3) is 21.5 Å². The Labute approximate surface area is 164 Å². The molecule has 0 aromatic heterocycles. The minimum absolute atomic E-state index is 0.00184. The smallest absolute Gasteiger partial charge is 0.295 e. The van der Waals surface area contributed by atoms with Crippen LogP contribution >= 0.6 is 0 Å². The summed E-state index contributed by atoms with van der Waals surface area (Å²) in [6.45, 7) is 0. The van der Waals surface area contributed by atoms with Gasteiger partial charge in [-0.2, -0.15) is 8.42 Å². The summed E-state index contributed by atoms with van der Waals surface area (Å²) in [5.41, 5.74) is 0.296. The number of benzene rings is 4. The number of aromatic hydroxyl groups is 1. The van der Waals surface area contributed by atoms with Gasteiger partial charge in [0.1, 0.15) is 27.7 Å². The van der Waals surface area contributed by atoms with Crippen molar-refractivity contribution in [1.29, 1.82) is 0 Å². The molecule has 4 aromatic rings. The van der Waals surface area contributed by atoms with Crippen molar-refractivity contribution in [2.75, 3.05) is 0 Å². The Morgan fingerprint density at radius 3 is 2.10 bits per heavy atom. The maximum absolute atomic E-state index is 11.6. The second kappa shape index (κ2) is 7.04. The number of azo groups is 1. The van der Waals surface area contributed by atoms with E-state index in [0.717, 1.165) is 11.5 Å². The van der Waals surface area contributed by atoms with Gasteiger partial charge in [-0.25, -0.2) is 0 Å². The minimum Gasteiger partial charge on any atom is -0.506 e. The van der Waals surface area contributed by atoms with Crippen LogP contribution in [0.2, 0.25) is 0 Å². The molecule has 8 nitrogen and oxygen atoms in total. The van der Waals surface area contributed by atoms with E-state index in [-0.39, 0.29) is 27.8 Å². The topological polar surface area (TPSA) is 129 Å². The van der Waals surface area contributed by atoms with Crippen molar-refractivity contribution in [2.24, 2.45) is 15.4 Å². The molecule has 0 aliphatic carbocycles. The summed E-state index contributed by atoms with van der Waals surface area (Å²) in [4.78, 5) is 11.0. The standard InChI is InChI=1S/C20H13N3O5S/c24-17-11-18(29(26,27)28)14-7-3-4-8-15(14)20(17)22-21-16-10-9-12-5-1-2-6-13(12)19(16)23-25/h1-11,24H,(H,26,27,28)/b22-21+. The largest absolute Gasteiger partial charge is 0.506 e. The molecule has 0 heterocycles. The molecule has 4 rings (SSSR count). The molecule has 0 radical (unpaired) electrons. The highest BCUT2D eigenvalue weighted by molar-refractivity contribution is 7.86. The van der Waals surface area contributed by atoms with E-state index in [1.807, 2.05) is 12.1 Å².